The van der Waals surface area contributed by atoms with Gasteiger partial charge in [-0.15, -0.1) is 0 Å². The molecule has 0 aliphatic heterocycles. The molecule has 0 radical (unpaired) electrons. The molecule has 2 rings (SSSR count). The van der Waals surface area contributed by atoms with Crippen LogP contribution in [0.2, 0.25) is 0 Å². The lowest BCUT2D eigenvalue weighted by molar-refractivity contribution is 1.13. The first-order valence-electron chi connectivity index (χ1n) is 7.19. The van der Waals surface area contributed by atoms with E-state index in [1.165, 1.54) is 0 Å². The third kappa shape index (κ3) is 1.24. The molecule has 52 valence electrons. The van der Waals surface area contributed by atoms with Gasteiger partial charge in [0, 0.05) is 11.3 Å². The fourth-order valence-electron chi connectivity index (χ4n) is 0.602. The van der Waals surface area contributed by atoms with Crippen LogP contribution in [0.3, 0.4) is 0 Å². The van der Waals surface area contributed by atoms with Crippen LogP contribution in [0.15, 0.2) is 28.6 Å². The van der Waals surface area contributed by atoms with Crippen LogP contribution in [-0.2, 0) is 0 Å². The minimum atomic E-state index is -2.54. The number of rotatable bonds is 1. The summed E-state index contributed by atoms with van der Waals surface area (Å²) in [6, 6.07) is -2.07. The van der Waals surface area contributed by atoms with Crippen molar-refractivity contribution in [3.63, 3.8) is 0 Å². The molecule has 1 aliphatic rings. The van der Waals surface area contributed by atoms with Crippen LogP contribution < -0.4 is 0 Å². The van der Waals surface area contributed by atoms with E-state index in [2.05, 4.69) is 15.9 Å². The van der Waals surface area contributed by atoms with Gasteiger partial charge in [-0.05, 0) is 36.3 Å². The van der Waals surface area contributed by atoms with Crippen LogP contribution in [-0.4, -0.2) is 0 Å². The maximum absolute atomic E-state index is 7.98. The molecule has 1 heteroatoms. The molecular formula is C9H9Br. The SMILES string of the molecule is [2H]c1c([2H])c(Br)c([2H])c(C2([2H])C([2H])([2H])C2([2H])[2H])c1[2H]. The van der Waals surface area contributed by atoms with Crippen molar-refractivity contribution >= 4 is 15.9 Å². The van der Waals surface area contributed by atoms with Gasteiger partial charge in [-0.1, -0.05) is 28.0 Å². The first-order valence-corrected chi connectivity index (χ1v) is 3.48. The summed E-state index contributed by atoms with van der Waals surface area (Å²) in [7, 11) is 0. The third-order valence-corrected chi connectivity index (χ3v) is 1.49. The summed E-state index contributed by atoms with van der Waals surface area (Å²) in [4.78, 5) is 0. The van der Waals surface area contributed by atoms with Gasteiger partial charge in [0.05, 0.1) is 5.48 Å². The van der Waals surface area contributed by atoms with Gasteiger partial charge >= 0.3 is 0 Å². The largest absolute Gasteiger partial charge is 0.0638 e. The number of hydrogen-bond donors (Lipinski definition) is 0. The molecule has 1 aromatic carbocycles. The molecule has 1 fully saturated rings. The van der Waals surface area contributed by atoms with E-state index in [4.69, 9.17) is 12.3 Å². The van der Waals surface area contributed by atoms with Crippen LogP contribution in [0.25, 0.3) is 0 Å². The van der Waals surface area contributed by atoms with Crippen molar-refractivity contribution in [2.24, 2.45) is 0 Å². The Morgan fingerprint density at radius 2 is 2.50 bits per heavy atom. The van der Waals surface area contributed by atoms with E-state index in [0.717, 1.165) is 0 Å². The molecule has 1 saturated carbocycles. The number of benzene rings is 1. The van der Waals surface area contributed by atoms with Gasteiger partial charge in [0.15, 0.2) is 0 Å². The van der Waals surface area contributed by atoms with E-state index < -0.39 is 48.4 Å². The molecule has 0 aromatic heterocycles. The number of halogens is 1. The Labute approximate surface area is 82.0 Å². The molecule has 1 aromatic rings. The standard InChI is InChI=1S/C9H9Br/c10-9-3-1-2-8(6-9)7-4-5-7/h1-3,6-7H,4-5H2/i1D,2D,3D,4D2,5D2,6D,7D. The molecular weight excluding hydrogens is 188 g/mol. The summed E-state index contributed by atoms with van der Waals surface area (Å²) >= 11 is 2.90. The maximum atomic E-state index is 7.98. The minimum Gasteiger partial charge on any atom is -0.0609 e. The number of hydrogen-bond acceptors (Lipinski definition) is 0. The predicted molar refractivity (Wildman–Crippen MR) is 46.1 cm³/mol. The first kappa shape index (κ1) is 1.89. The van der Waals surface area contributed by atoms with Crippen molar-refractivity contribution in [1.82, 2.24) is 0 Å². The highest BCUT2D eigenvalue weighted by Gasteiger charge is 2.22. The third-order valence-electron chi connectivity index (χ3n) is 1.09. The van der Waals surface area contributed by atoms with Crippen LogP contribution in [0.1, 0.15) is 36.5 Å². The second kappa shape index (κ2) is 2.39. The van der Waals surface area contributed by atoms with E-state index in [0.29, 0.717) is 0 Å². The molecule has 10 heavy (non-hydrogen) atoms. The molecule has 0 unspecified atom stereocenters. The van der Waals surface area contributed by atoms with Crippen molar-refractivity contribution < 1.29 is 12.3 Å². The van der Waals surface area contributed by atoms with Gasteiger partial charge in [-0.2, -0.15) is 0 Å². The average Bonchev–Trinajstić information content (AvgIpc) is 2.62. The predicted octanol–water partition coefficient (Wildman–Crippen LogP) is 3.33. The van der Waals surface area contributed by atoms with E-state index in [1.54, 1.807) is 0 Å². The lowest BCUT2D eigenvalue weighted by atomic mass is 10.1. The Morgan fingerprint density at radius 1 is 1.70 bits per heavy atom. The Hall–Kier alpha value is -0.300. The summed E-state index contributed by atoms with van der Waals surface area (Å²) in [6.07, 6.45) is -5.08. The van der Waals surface area contributed by atoms with Gasteiger partial charge in [-0.25, -0.2) is 0 Å². The molecule has 0 saturated heterocycles. The smallest absolute Gasteiger partial charge is 0.0609 e. The first-order chi connectivity index (χ1) is 8.43. The van der Waals surface area contributed by atoms with E-state index in [1.807, 2.05) is 0 Å². The lowest BCUT2D eigenvalue weighted by Gasteiger charge is -1.96. The highest BCUT2D eigenvalue weighted by Crippen LogP contribution is 2.40. The van der Waals surface area contributed by atoms with Gasteiger partial charge in [-0.3, -0.25) is 0 Å². The maximum Gasteiger partial charge on any atom is 0.0638 e. The van der Waals surface area contributed by atoms with Crippen LogP contribution in [0.5, 0.6) is 0 Å². The lowest BCUT2D eigenvalue weighted by Crippen LogP contribution is -1.76. The molecule has 0 nitrogen and oxygen atoms in total. The van der Waals surface area contributed by atoms with Crippen LogP contribution >= 0.6 is 15.9 Å². The van der Waals surface area contributed by atoms with E-state index in [9.17, 15) is 0 Å². The Balaban J connectivity index is 2.81. The molecule has 0 atom stereocenters. The molecule has 0 spiro atoms. The summed E-state index contributed by atoms with van der Waals surface area (Å²) in [6.45, 7) is 0. The van der Waals surface area contributed by atoms with Crippen molar-refractivity contribution in [1.29, 1.82) is 0 Å². The van der Waals surface area contributed by atoms with Crippen molar-refractivity contribution in [2.45, 2.75) is 18.6 Å². The Kier molecular flexibility index (Phi) is 0.452. The van der Waals surface area contributed by atoms with E-state index >= 15 is 0 Å². The topological polar surface area (TPSA) is 0 Å². The van der Waals surface area contributed by atoms with Gasteiger partial charge in [0.1, 0.15) is 0 Å². The molecule has 0 amide bonds. The second-order valence-electron chi connectivity index (χ2n) is 1.81. The highest BCUT2D eigenvalue weighted by atomic mass is 79.9. The fraction of sp³-hybridized carbons (Fsp3) is 0.333. The van der Waals surface area contributed by atoms with Crippen molar-refractivity contribution in [3.8, 4) is 0 Å². The molecule has 0 bridgehead atoms. The van der Waals surface area contributed by atoms with Crippen LogP contribution in [0, 0.1) is 0 Å². The summed E-state index contributed by atoms with van der Waals surface area (Å²) < 4.78 is 68.6. The normalized spacial score (nSPS) is 43.5. The summed E-state index contributed by atoms with van der Waals surface area (Å²) in [5.41, 5.74) is -0.490. The summed E-state index contributed by atoms with van der Waals surface area (Å²) in [5, 5.41) is 0. The average molecular weight is 206 g/mol. The monoisotopic (exact) mass is 205 g/mol. The molecule has 1 aliphatic carbocycles. The molecule has 0 N–H and O–H groups in total. The summed E-state index contributed by atoms with van der Waals surface area (Å²) in [5.74, 6) is -2.40. The van der Waals surface area contributed by atoms with E-state index in [-0.39, 0.29) is 4.47 Å². The zero-order valence-electron chi connectivity index (χ0n) is 13.9. The van der Waals surface area contributed by atoms with Crippen molar-refractivity contribution in [2.75, 3.05) is 0 Å². The molecule has 0 heterocycles. The Morgan fingerprint density at radius 3 is 3.20 bits per heavy atom. The minimum absolute atomic E-state index is 0.131. The zero-order chi connectivity index (χ0) is 15.0. The van der Waals surface area contributed by atoms with Crippen LogP contribution in [0.4, 0.5) is 0 Å². The van der Waals surface area contributed by atoms with Gasteiger partial charge in [0.2, 0.25) is 0 Å². The van der Waals surface area contributed by atoms with Gasteiger partial charge in [0.25, 0.3) is 0 Å². The van der Waals surface area contributed by atoms with Gasteiger partial charge < -0.3 is 0 Å². The van der Waals surface area contributed by atoms with Crippen molar-refractivity contribution in [3.05, 3.63) is 34.2 Å². The quantitative estimate of drug-likeness (QED) is 0.661. The zero-order valence-corrected chi connectivity index (χ0v) is 6.46. The highest BCUT2D eigenvalue weighted by molar-refractivity contribution is 9.10. The Bertz CT molecular complexity index is 537. The fourth-order valence-corrected chi connectivity index (χ4v) is 0.899. The second-order valence-corrected chi connectivity index (χ2v) is 2.61.